The molecule has 1 aliphatic heterocycles. The smallest absolute Gasteiger partial charge is 0.220 e. The molecule has 3 nitrogen and oxygen atoms in total. The third kappa shape index (κ3) is 4.73. The van der Waals surface area contributed by atoms with Crippen LogP contribution in [-0.4, -0.2) is 25.0 Å². The Morgan fingerprint density at radius 3 is 2.80 bits per heavy atom. The summed E-state index contributed by atoms with van der Waals surface area (Å²) in [4.78, 5) is 14.5. The molecule has 1 fully saturated rings. The first-order chi connectivity index (χ1) is 12.1. The molecule has 0 aromatic heterocycles. The van der Waals surface area contributed by atoms with Crippen molar-refractivity contribution in [2.45, 2.75) is 31.7 Å². The minimum Gasteiger partial charge on any atom is -0.367 e. The van der Waals surface area contributed by atoms with Gasteiger partial charge < -0.3 is 10.2 Å². The van der Waals surface area contributed by atoms with Gasteiger partial charge in [-0.15, -0.1) is 0 Å². The molecule has 0 radical (unpaired) electrons. The number of nitrogens with zero attached hydrogens (tertiary/aromatic N) is 1. The Kier molecular flexibility index (Phi) is 5.92. The number of rotatable bonds is 6. The molecule has 1 heterocycles. The van der Waals surface area contributed by atoms with E-state index in [9.17, 15) is 9.18 Å². The van der Waals surface area contributed by atoms with E-state index >= 15 is 0 Å². The summed E-state index contributed by atoms with van der Waals surface area (Å²) in [6, 6.07) is 15.2. The second-order valence-corrected chi connectivity index (χ2v) is 6.78. The van der Waals surface area contributed by atoms with Crippen molar-refractivity contribution in [3.8, 4) is 0 Å². The van der Waals surface area contributed by atoms with Gasteiger partial charge in [-0.25, -0.2) is 4.39 Å². The number of benzene rings is 2. The lowest BCUT2D eigenvalue weighted by Gasteiger charge is -2.27. The third-order valence-corrected chi connectivity index (χ3v) is 4.91. The Morgan fingerprint density at radius 1 is 1.24 bits per heavy atom. The largest absolute Gasteiger partial charge is 0.367 e. The SMILES string of the molecule is O=C(CCc1ccc(F)c(Cl)c1)NCC1CCCN1c1ccccc1. The molecule has 1 N–H and O–H groups in total. The highest BCUT2D eigenvalue weighted by atomic mass is 35.5. The molecule has 1 saturated heterocycles. The van der Waals surface area contributed by atoms with E-state index in [4.69, 9.17) is 11.6 Å². The highest BCUT2D eigenvalue weighted by molar-refractivity contribution is 6.30. The fourth-order valence-electron chi connectivity index (χ4n) is 3.28. The summed E-state index contributed by atoms with van der Waals surface area (Å²) >= 11 is 5.77. The van der Waals surface area contributed by atoms with E-state index in [0.29, 0.717) is 25.4 Å². The van der Waals surface area contributed by atoms with Gasteiger partial charge in [0.05, 0.1) is 5.02 Å². The summed E-state index contributed by atoms with van der Waals surface area (Å²) < 4.78 is 13.2. The van der Waals surface area contributed by atoms with Gasteiger partial charge in [-0.1, -0.05) is 35.9 Å². The molecule has 2 aromatic carbocycles. The summed E-state index contributed by atoms with van der Waals surface area (Å²) in [7, 11) is 0. The van der Waals surface area contributed by atoms with Gasteiger partial charge in [0.15, 0.2) is 0 Å². The van der Waals surface area contributed by atoms with Crippen LogP contribution in [0.4, 0.5) is 10.1 Å². The monoisotopic (exact) mass is 360 g/mol. The van der Waals surface area contributed by atoms with E-state index in [-0.39, 0.29) is 10.9 Å². The molecule has 3 rings (SSSR count). The average Bonchev–Trinajstić information content (AvgIpc) is 3.10. The summed E-state index contributed by atoms with van der Waals surface area (Å²) in [6.45, 7) is 1.68. The zero-order chi connectivity index (χ0) is 17.6. The number of aryl methyl sites for hydroxylation is 1. The highest BCUT2D eigenvalue weighted by Crippen LogP contribution is 2.24. The summed E-state index contributed by atoms with van der Waals surface area (Å²) in [5.74, 6) is -0.419. The summed E-state index contributed by atoms with van der Waals surface area (Å²) in [5, 5.41) is 3.13. The fraction of sp³-hybridized carbons (Fsp3) is 0.350. The van der Waals surface area contributed by atoms with Crippen LogP contribution < -0.4 is 10.2 Å². The first kappa shape index (κ1) is 17.7. The molecule has 1 atom stereocenters. The van der Waals surface area contributed by atoms with Crippen LogP contribution in [0.2, 0.25) is 5.02 Å². The first-order valence-electron chi connectivity index (χ1n) is 8.66. The number of carbonyl (C=O) groups excluding carboxylic acids is 1. The van der Waals surface area contributed by atoms with E-state index in [1.165, 1.54) is 11.8 Å². The van der Waals surface area contributed by atoms with Crippen molar-refractivity contribution in [1.29, 1.82) is 0 Å². The standard InChI is InChI=1S/C20H22ClFN2O/c21-18-13-15(8-10-19(18)22)9-11-20(25)23-14-17-7-4-12-24(17)16-5-2-1-3-6-16/h1-3,5-6,8,10,13,17H,4,7,9,11-12,14H2,(H,23,25). The maximum atomic E-state index is 13.2. The lowest BCUT2D eigenvalue weighted by Crippen LogP contribution is -2.40. The molecule has 2 aromatic rings. The number of hydrogen-bond acceptors (Lipinski definition) is 2. The van der Waals surface area contributed by atoms with Crippen LogP contribution in [0.5, 0.6) is 0 Å². The van der Waals surface area contributed by atoms with Gasteiger partial charge in [-0.2, -0.15) is 0 Å². The van der Waals surface area contributed by atoms with Crippen molar-refractivity contribution in [2.24, 2.45) is 0 Å². The second kappa shape index (κ2) is 8.34. The van der Waals surface area contributed by atoms with Crippen LogP contribution in [0.1, 0.15) is 24.8 Å². The fourth-order valence-corrected chi connectivity index (χ4v) is 3.48. The van der Waals surface area contributed by atoms with Gasteiger partial charge in [0.25, 0.3) is 0 Å². The molecular weight excluding hydrogens is 339 g/mol. The first-order valence-corrected chi connectivity index (χ1v) is 9.03. The van der Waals surface area contributed by atoms with E-state index in [1.807, 2.05) is 18.2 Å². The zero-order valence-corrected chi connectivity index (χ0v) is 14.8. The molecule has 0 bridgehead atoms. The number of para-hydroxylation sites is 1. The maximum Gasteiger partial charge on any atom is 0.220 e. The van der Waals surface area contributed by atoms with Gasteiger partial charge in [0, 0.05) is 31.2 Å². The lowest BCUT2D eigenvalue weighted by atomic mass is 10.1. The van der Waals surface area contributed by atoms with Crippen LogP contribution in [0.3, 0.4) is 0 Å². The van der Waals surface area contributed by atoms with Crippen molar-refractivity contribution >= 4 is 23.2 Å². The lowest BCUT2D eigenvalue weighted by molar-refractivity contribution is -0.121. The van der Waals surface area contributed by atoms with Crippen LogP contribution >= 0.6 is 11.6 Å². The third-order valence-electron chi connectivity index (χ3n) is 4.62. The number of nitrogens with one attached hydrogen (secondary N) is 1. The van der Waals surface area contributed by atoms with Crippen molar-refractivity contribution in [3.05, 3.63) is 64.9 Å². The summed E-state index contributed by atoms with van der Waals surface area (Å²) in [5.41, 5.74) is 2.08. The van der Waals surface area contributed by atoms with Crippen LogP contribution in [0.25, 0.3) is 0 Å². The number of carbonyl (C=O) groups is 1. The number of amides is 1. The molecule has 132 valence electrons. The summed E-state index contributed by atoms with van der Waals surface area (Å²) in [6.07, 6.45) is 3.16. The van der Waals surface area contributed by atoms with Crippen molar-refractivity contribution in [1.82, 2.24) is 5.32 Å². The van der Waals surface area contributed by atoms with E-state index in [2.05, 4.69) is 22.3 Å². The molecule has 1 aliphatic rings. The highest BCUT2D eigenvalue weighted by Gasteiger charge is 2.24. The van der Waals surface area contributed by atoms with Crippen molar-refractivity contribution in [3.63, 3.8) is 0 Å². The molecular formula is C20H22ClFN2O. The predicted molar refractivity (Wildman–Crippen MR) is 99.6 cm³/mol. The van der Waals surface area contributed by atoms with Gasteiger partial charge in [-0.05, 0) is 49.1 Å². The van der Waals surface area contributed by atoms with E-state index < -0.39 is 5.82 Å². The molecule has 0 saturated carbocycles. The predicted octanol–water partition coefficient (Wildman–Crippen LogP) is 4.20. The number of anilines is 1. The minimum absolute atomic E-state index is 0.0142. The number of halogens is 2. The topological polar surface area (TPSA) is 32.3 Å². The molecule has 5 heteroatoms. The second-order valence-electron chi connectivity index (χ2n) is 6.38. The molecule has 1 amide bonds. The number of hydrogen-bond donors (Lipinski definition) is 1. The molecule has 0 aliphatic carbocycles. The van der Waals surface area contributed by atoms with Gasteiger partial charge >= 0.3 is 0 Å². The Balaban J connectivity index is 1.47. The van der Waals surface area contributed by atoms with Gasteiger partial charge in [0.2, 0.25) is 5.91 Å². The van der Waals surface area contributed by atoms with Gasteiger partial charge in [0.1, 0.15) is 5.82 Å². The van der Waals surface area contributed by atoms with Crippen molar-refractivity contribution in [2.75, 3.05) is 18.0 Å². The van der Waals surface area contributed by atoms with Crippen LogP contribution in [0, 0.1) is 5.82 Å². The quantitative estimate of drug-likeness (QED) is 0.837. The molecule has 25 heavy (non-hydrogen) atoms. The van der Waals surface area contributed by atoms with Gasteiger partial charge in [-0.3, -0.25) is 4.79 Å². The Morgan fingerprint density at radius 2 is 2.04 bits per heavy atom. The molecule has 1 unspecified atom stereocenters. The Hall–Kier alpha value is -2.07. The molecule has 0 spiro atoms. The van der Waals surface area contributed by atoms with Crippen LogP contribution in [-0.2, 0) is 11.2 Å². The van der Waals surface area contributed by atoms with E-state index in [1.54, 1.807) is 12.1 Å². The zero-order valence-electron chi connectivity index (χ0n) is 14.1. The minimum atomic E-state index is -0.433. The Bertz CT molecular complexity index is 723. The normalized spacial score (nSPS) is 16.9. The van der Waals surface area contributed by atoms with Crippen molar-refractivity contribution < 1.29 is 9.18 Å². The average molecular weight is 361 g/mol. The van der Waals surface area contributed by atoms with Crippen LogP contribution in [0.15, 0.2) is 48.5 Å². The maximum absolute atomic E-state index is 13.2. The Labute approximate surface area is 152 Å². The van der Waals surface area contributed by atoms with E-state index in [0.717, 1.165) is 24.9 Å².